The van der Waals surface area contributed by atoms with Gasteiger partial charge in [-0.05, 0) is 18.6 Å². The first-order valence-electron chi connectivity index (χ1n) is 7.91. The number of unbranched alkanes of at least 4 members (excludes halogenated alkanes) is 11. The average molecular weight is 289 g/mol. The van der Waals surface area contributed by atoms with Gasteiger partial charge in [0.25, 0.3) is 0 Å². The number of hydrogen-bond donors (Lipinski definition) is 3. The maximum Gasteiger partial charge on any atom is 0.233 e. The highest BCUT2D eigenvalue weighted by molar-refractivity contribution is 7.80. The molecule has 0 saturated heterocycles. The molecule has 114 valence electrons. The number of hydrogen-bond acceptors (Lipinski definition) is 3. The summed E-state index contributed by atoms with van der Waals surface area (Å²) in [5.74, 6) is 6.01. The summed E-state index contributed by atoms with van der Waals surface area (Å²) in [5.41, 5.74) is 2.17. The monoisotopic (exact) mass is 288 g/mol. The molecule has 0 radical (unpaired) electrons. The molecule has 0 unspecified atom stereocenters. The minimum absolute atomic E-state index is 0.0436. The van der Waals surface area contributed by atoms with Crippen molar-refractivity contribution < 1.29 is 4.79 Å². The Balaban J connectivity index is 2.97. The number of carbonyl (C=O) groups is 1. The number of amides is 1. The van der Waals surface area contributed by atoms with Crippen molar-refractivity contribution in [1.29, 1.82) is 0 Å². The summed E-state index contributed by atoms with van der Waals surface area (Å²) in [4.78, 5) is 10.9. The standard InChI is InChI=1S/C15H32N2OS/c16-17-15(18)13-11-9-7-5-3-1-2-4-6-8-10-12-14-19/h19H,1-14,16H2,(H,17,18). The fourth-order valence-corrected chi connectivity index (χ4v) is 2.46. The van der Waals surface area contributed by atoms with E-state index in [4.69, 9.17) is 5.84 Å². The summed E-state index contributed by atoms with van der Waals surface area (Å²) in [6.45, 7) is 0. The number of thiol groups is 1. The molecule has 0 fully saturated rings. The third kappa shape index (κ3) is 15.7. The van der Waals surface area contributed by atoms with Crippen LogP contribution in [0.5, 0.6) is 0 Å². The lowest BCUT2D eigenvalue weighted by atomic mass is 10.0. The van der Waals surface area contributed by atoms with Gasteiger partial charge in [0.05, 0.1) is 0 Å². The first-order valence-corrected chi connectivity index (χ1v) is 8.55. The predicted octanol–water partition coefficient (Wildman–Crippen LogP) is 3.98. The first-order chi connectivity index (χ1) is 9.31. The van der Waals surface area contributed by atoms with Crippen LogP contribution in [-0.2, 0) is 4.79 Å². The van der Waals surface area contributed by atoms with Crippen LogP contribution >= 0.6 is 12.6 Å². The van der Waals surface area contributed by atoms with Crippen LogP contribution in [0.25, 0.3) is 0 Å². The summed E-state index contributed by atoms with van der Waals surface area (Å²) < 4.78 is 0. The molecule has 0 aromatic rings. The second-order valence-corrected chi connectivity index (χ2v) is 5.73. The minimum Gasteiger partial charge on any atom is -0.294 e. The van der Waals surface area contributed by atoms with E-state index in [9.17, 15) is 4.79 Å². The fourth-order valence-electron chi connectivity index (χ4n) is 2.24. The second kappa shape index (κ2) is 15.8. The van der Waals surface area contributed by atoms with Gasteiger partial charge in [-0.2, -0.15) is 12.6 Å². The lowest BCUT2D eigenvalue weighted by Gasteiger charge is -2.03. The van der Waals surface area contributed by atoms with Crippen LogP contribution in [0.2, 0.25) is 0 Å². The molecule has 19 heavy (non-hydrogen) atoms. The number of carbonyl (C=O) groups excluding carboxylic acids is 1. The topological polar surface area (TPSA) is 55.1 Å². The largest absolute Gasteiger partial charge is 0.294 e. The predicted molar refractivity (Wildman–Crippen MR) is 86.2 cm³/mol. The molecular weight excluding hydrogens is 256 g/mol. The van der Waals surface area contributed by atoms with E-state index in [0.717, 1.165) is 18.6 Å². The molecule has 0 bridgehead atoms. The van der Waals surface area contributed by atoms with Gasteiger partial charge in [0.1, 0.15) is 0 Å². The lowest BCUT2D eigenvalue weighted by molar-refractivity contribution is -0.121. The maximum atomic E-state index is 10.9. The van der Waals surface area contributed by atoms with Crippen molar-refractivity contribution in [2.75, 3.05) is 5.75 Å². The van der Waals surface area contributed by atoms with Gasteiger partial charge in [0.2, 0.25) is 5.91 Å². The molecule has 0 aromatic carbocycles. The van der Waals surface area contributed by atoms with Gasteiger partial charge < -0.3 is 0 Å². The van der Waals surface area contributed by atoms with E-state index in [1.807, 2.05) is 0 Å². The molecule has 3 nitrogen and oxygen atoms in total. The van der Waals surface area contributed by atoms with E-state index in [-0.39, 0.29) is 5.91 Å². The van der Waals surface area contributed by atoms with Gasteiger partial charge in [-0.15, -0.1) is 0 Å². The smallest absolute Gasteiger partial charge is 0.233 e. The van der Waals surface area contributed by atoms with Gasteiger partial charge in [0.15, 0.2) is 0 Å². The van der Waals surface area contributed by atoms with Crippen molar-refractivity contribution >= 4 is 18.5 Å². The molecule has 1 amide bonds. The van der Waals surface area contributed by atoms with Gasteiger partial charge in [-0.1, -0.05) is 64.2 Å². The molecule has 0 atom stereocenters. The van der Waals surface area contributed by atoms with Gasteiger partial charge in [-0.25, -0.2) is 5.84 Å². The summed E-state index contributed by atoms with van der Waals surface area (Å²) in [6.07, 6.45) is 16.1. The van der Waals surface area contributed by atoms with E-state index in [1.54, 1.807) is 0 Å². The van der Waals surface area contributed by atoms with Crippen molar-refractivity contribution in [2.45, 2.75) is 83.5 Å². The van der Waals surface area contributed by atoms with Crippen molar-refractivity contribution in [1.82, 2.24) is 5.43 Å². The maximum absolute atomic E-state index is 10.9. The number of nitrogens with one attached hydrogen (secondary N) is 1. The normalized spacial score (nSPS) is 10.6. The minimum atomic E-state index is -0.0436. The van der Waals surface area contributed by atoms with Crippen LogP contribution in [0.1, 0.15) is 83.5 Å². The van der Waals surface area contributed by atoms with Gasteiger partial charge >= 0.3 is 0 Å². The summed E-state index contributed by atoms with van der Waals surface area (Å²) >= 11 is 4.21. The molecule has 3 N–H and O–H groups in total. The van der Waals surface area contributed by atoms with E-state index in [2.05, 4.69) is 18.1 Å². The summed E-state index contributed by atoms with van der Waals surface area (Å²) in [6, 6.07) is 0. The Bertz CT molecular complexity index is 201. The highest BCUT2D eigenvalue weighted by Gasteiger charge is 1.97. The Morgan fingerprint density at radius 2 is 1.11 bits per heavy atom. The van der Waals surface area contributed by atoms with Crippen LogP contribution in [0, 0.1) is 0 Å². The first kappa shape index (κ1) is 18.8. The van der Waals surface area contributed by atoms with Crippen LogP contribution in [0.3, 0.4) is 0 Å². The Hall–Kier alpha value is -0.220. The molecule has 0 rings (SSSR count). The molecule has 0 aliphatic carbocycles. The number of hydrazine groups is 1. The Labute approximate surface area is 124 Å². The fraction of sp³-hybridized carbons (Fsp3) is 0.933. The highest BCUT2D eigenvalue weighted by atomic mass is 32.1. The molecule has 4 heteroatoms. The third-order valence-corrected chi connectivity index (χ3v) is 3.79. The lowest BCUT2D eigenvalue weighted by Crippen LogP contribution is -2.29. The second-order valence-electron chi connectivity index (χ2n) is 5.28. The van der Waals surface area contributed by atoms with Gasteiger partial charge in [-0.3, -0.25) is 10.2 Å². The third-order valence-electron chi connectivity index (χ3n) is 3.47. The Morgan fingerprint density at radius 3 is 1.47 bits per heavy atom. The Morgan fingerprint density at radius 1 is 0.737 bits per heavy atom. The molecule has 0 aliphatic rings. The van der Waals surface area contributed by atoms with Crippen LogP contribution in [-0.4, -0.2) is 11.7 Å². The molecule has 0 aromatic heterocycles. The highest BCUT2D eigenvalue weighted by Crippen LogP contribution is 2.12. The number of nitrogens with two attached hydrogens (primary N) is 1. The van der Waals surface area contributed by atoms with Crippen LogP contribution in [0.15, 0.2) is 0 Å². The zero-order valence-corrected chi connectivity index (χ0v) is 13.2. The van der Waals surface area contributed by atoms with E-state index in [1.165, 1.54) is 64.2 Å². The van der Waals surface area contributed by atoms with Crippen LogP contribution in [0.4, 0.5) is 0 Å². The van der Waals surface area contributed by atoms with E-state index < -0.39 is 0 Å². The Kier molecular flexibility index (Phi) is 15.7. The zero-order valence-electron chi connectivity index (χ0n) is 12.3. The molecule has 0 spiro atoms. The zero-order chi connectivity index (χ0) is 14.2. The average Bonchev–Trinajstić information content (AvgIpc) is 2.43. The molecule has 0 saturated carbocycles. The molecule has 0 heterocycles. The molecular formula is C15H32N2OS. The molecule has 0 aliphatic heterocycles. The quantitative estimate of drug-likeness (QED) is 0.149. The van der Waals surface area contributed by atoms with Gasteiger partial charge in [0, 0.05) is 6.42 Å². The SMILES string of the molecule is NNC(=O)CCCCCCCCCCCCCCS. The van der Waals surface area contributed by atoms with E-state index in [0.29, 0.717) is 6.42 Å². The van der Waals surface area contributed by atoms with E-state index >= 15 is 0 Å². The van der Waals surface area contributed by atoms with Crippen molar-refractivity contribution in [2.24, 2.45) is 5.84 Å². The van der Waals surface area contributed by atoms with Crippen molar-refractivity contribution in [3.8, 4) is 0 Å². The number of rotatable bonds is 14. The summed E-state index contributed by atoms with van der Waals surface area (Å²) in [7, 11) is 0. The summed E-state index contributed by atoms with van der Waals surface area (Å²) in [5, 5.41) is 0. The van der Waals surface area contributed by atoms with Crippen molar-refractivity contribution in [3.05, 3.63) is 0 Å². The van der Waals surface area contributed by atoms with Crippen LogP contribution < -0.4 is 11.3 Å². The van der Waals surface area contributed by atoms with Crippen molar-refractivity contribution in [3.63, 3.8) is 0 Å².